The molecule has 1 aromatic carbocycles. The van der Waals surface area contributed by atoms with Gasteiger partial charge in [0, 0.05) is 62.8 Å². The molecule has 2 aliphatic heterocycles. The molecule has 1 atom stereocenters. The number of carbonyl (C=O) groups excluding carboxylic acids is 1. The monoisotopic (exact) mass is 394 g/mol. The van der Waals surface area contributed by atoms with Gasteiger partial charge >= 0.3 is 0 Å². The van der Waals surface area contributed by atoms with Crippen LogP contribution in [0.25, 0.3) is 0 Å². The van der Waals surface area contributed by atoms with Crippen molar-refractivity contribution in [1.29, 1.82) is 0 Å². The number of hydrogen-bond donors (Lipinski definition) is 0. The van der Waals surface area contributed by atoms with E-state index in [2.05, 4.69) is 30.0 Å². The van der Waals surface area contributed by atoms with E-state index in [9.17, 15) is 4.79 Å². The van der Waals surface area contributed by atoms with E-state index in [1.54, 1.807) is 14.0 Å². The van der Waals surface area contributed by atoms with Crippen LogP contribution in [0.5, 0.6) is 5.75 Å². The molecule has 1 saturated heterocycles. The summed E-state index contributed by atoms with van der Waals surface area (Å²) in [6.45, 7) is 8.05. The van der Waals surface area contributed by atoms with Crippen molar-refractivity contribution in [3.05, 3.63) is 52.6 Å². The van der Waals surface area contributed by atoms with Crippen LogP contribution in [0, 0.1) is 6.92 Å². The first kappa shape index (κ1) is 19.8. The summed E-state index contributed by atoms with van der Waals surface area (Å²) in [5.41, 5.74) is 4.62. The number of benzene rings is 1. The number of aromatic nitrogens is 2. The van der Waals surface area contributed by atoms with Crippen LogP contribution in [-0.2, 0) is 24.3 Å². The molecule has 6 heteroatoms. The molecule has 0 bridgehead atoms. The number of aryl methyl sites for hydroxylation is 1. The lowest BCUT2D eigenvalue weighted by molar-refractivity contribution is -0.129. The van der Waals surface area contributed by atoms with Gasteiger partial charge in [0.1, 0.15) is 11.6 Å². The van der Waals surface area contributed by atoms with Crippen LogP contribution >= 0.6 is 0 Å². The summed E-state index contributed by atoms with van der Waals surface area (Å²) in [4.78, 5) is 25.6. The van der Waals surface area contributed by atoms with Crippen molar-refractivity contribution < 1.29 is 9.53 Å². The van der Waals surface area contributed by atoms with Crippen molar-refractivity contribution in [2.45, 2.75) is 52.1 Å². The number of fused-ring (bicyclic) bond motifs is 1. The largest absolute Gasteiger partial charge is 0.496 e. The lowest BCUT2D eigenvalue weighted by Gasteiger charge is -2.33. The second kappa shape index (κ2) is 8.49. The third-order valence-corrected chi connectivity index (χ3v) is 6.16. The summed E-state index contributed by atoms with van der Waals surface area (Å²) in [5, 5.41) is 0. The molecular formula is C23H30N4O2. The van der Waals surface area contributed by atoms with Crippen LogP contribution in [0.2, 0.25) is 0 Å². The van der Waals surface area contributed by atoms with Gasteiger partial charge in [-0.3, -0.25) is 9.69 Å². The highest BCUT2D eigenvalue weighted by atomic mass is 16.5. The lowest BCUT2D eigenvalue weighted by Crippen LogP contribution is -2.36. The zero-order valence-electron chi connectivity index (χ0n) is 17.6. The number of piperidine rings is 1. The molecule has 1 amide bonds. The molecule has 1 fully saturated rings. The molecule has 4 rings (SSSR count). The van der Waals surface area contributed by atoms with Crippen molar-refractivity contribution in [3.63, 3.8) is 0 Å². The maximum absolute atomic E-state index is 11.6. The summed E-state index contributed by atoms with van der Waals surface area (Å²) in [5.74, 6) is 2.43. The van der Waals surface area contributed by atoms with E-state index in [4.69, 9.17) is 14.7 Å². The highest BCUT2D eigenvalue weighted by Crippen LogP contribution is 2.30. The lowest BCUT2D eigenvalue weighted by atomic mass is 9.95. The van der Waals surface area contributed by atoms with Crippen molar-refractivity contribution in [3.8, 4) is 5.75 Å². The average Bonchev–Trinajstić information content (AvgIpc) is 2.73. The first-order valence-electron chi connectivity index (χ1n) is 10.5. The Labute approximate surface area is 172 Å². The molecule has 0 N–H and O–H groups in total. The van der Waals surface area contributed by atoms with Crippen LogP contribution in [0.4, 0.5) is 0 Å². The van der Waals surface area contributed by atoms with Crippen LogP contribution < -0.4 is 4.74 Å². The Balaban J connectivity index is 1.47. The minimum atomic E-state index is 0.120. The number of likely N-dealkylation sites (tertiary alicyclic amines) is 1. The van der Waals surface area contributed by atoms with E-state index in [0.717, 1.165) is 68.3 Å². The SMILES string of the molecule is COc1c(C)cccc1CN1CCC[C@@H](c2ncc3c(n2)CCN(C(C)=O)C3)C1. The van der Waals surface area contributed by atoms with Crippen molar-refractivity contribution in [2.24, 2.45) is 0 Å². The van der Waals surface area contributed by atoms with E-state index in [0.29, 0.717) is 12.5 Å². The number of methoxy groups -OCH3 is 1. The van der Waals surface area contributed by atoms with Crippen molar-refractivity contribution in [1.82, 2.24) is 19.8 Å². The third kappa shape index (κ3) is 4.27. The van der Waals surface area contributed by atoms with Gasteiger partial charge in [0.05, 0.1) is 12.8 Å². The first-order chi connectivity index (χ1) is 14.0. The van der Waals surface area contributed by atoms with Gasteiger partial charge in [-0.25, -0.2) is 9.97 Å². The van der Waals surface area contributed by atoms with Crippen LogP contribution in [0.1, 0.15) is 53.9 Å². The topological polar surface area (TPSA) is 58.6 Å². The molecule has 0 spiro atoms. The molecule has 0 radical (unpaired) electrons. The fourth-order valence-corrected chi connectivity index (χ4v) is 4.58. The molecule has 3 heterocycles. The average molecular weight is 395 g/mol. The number of ether oxygens (including phenoxy) is 1. The predicted molar refractivity (Wildman–Crippen MR) is 112 cm³/mol. The molecule has 0 unspecified atom stereocenters. The molecule has 2 aromatic rings. The Kier molecular flexibility index (Phi) is 5.81. The van der Waals surface area contributed by atoms with E-state index >= 15 is 0 Å². The van der Waals surface area contributed by atoms with Gasteiger partial charge in [0.2, 0.25) is 5.91 Å². The standard InChI is InChI=1S/C23H30N4O2/c1-16-6-4-7-18(22(16)29-3)13-26-10-5-8-19(14-26)23-24-12-20-15-27(17(2)28)11-9-21(20)25-23/h4,6-7,12,19H,5,8-11,13-15H2,1-3H3/t19-/m1/s1. The van der Waals surface area contributed by atoms with Crippen LogP contribution in [0.15, 0.2) is 24.4 Å². The van der Waals surface area contributed by atoms with Gasteiger partial charge in [0.15, 0.2) is 0 Å². The van der Waals surface area contributed by atoms with E-state index in [1.165, 1.54) is 11.1 Å². The summed E-state index contributed by atoms with van der Waals surface area (Å²) in [6, 6.07) is 6.35. The summed E-state index contributed by atoms with van der Waals surface area (Å²) in [7, 11) is 1.75. The van der Waals surface area contributed by atoms with Crippen LogP contribution in [0.3, 0.4) is 0 Å². The van der Waals surface area contributed by atoms with Gasteiger partial charge in [-0.1, -0.05) is 18.2 Å². The van der Waals surface area contributed by atoms with Crippen LogP contribution in [-0.4, -0.2) is 52.4 Å². The van der Waals surface area contributed by atoms with Crippen molar-refractivity contribution in [2.75, 3.05) is 26.7 Å². The maximum Gasteiger partial charge on any atom is 0.219 e. The molecule has 154 valence electrons. The molecule has 1 aromatic heterocycles. The Hall–Kier alpha value is -2.47. The van der Waals surface area contributed by atoms with Gasteiger partial charge < -0.3 is 9.64 Å². The smallest absolute Gasteiger partial charge is 0.219 e. The molecule has 6 nitrogen and oxygen atoms in total. The van der Waals surface area contributed by atoms with Gasteiger partial charge in [-0.2, -0.15) is 0 Å². The number of hydrogen-bond acceptors (Lipinski definition) is 5. The quantitative estimate of drug-likeness (QED) is 0.798. The van der Waals surface area contributed by atoms with E-state index in [-0.39, 0.29) is 5.91 Å². The number of rotatable bonds is 4. The van der Waals surface area contributed by atoms with Crippen molar-refractivity contribution >= 4 is 5.91 Å². The van der Waals surface area contributed by atoms with Gasteiger partial charge in [-0.15, -0.1) is 0 Å². The number of amides is 1. The molecule has 29 heavy (non-hydrogen) atoms. The molecule has 0 saturated carbocycles. The number of nitrogens with zero attached hydrogens (tertiary/aromatic N) is 4. The summed E-state index contributed by atoms with van der Waals surface area (Å²) >= 11 is 0. The zero-order valence-corrected chi connectivity index (χ0v) is 17.6. The molecule has 0 aliphatic carbocycles. The predicted octanol–water partition coefficient (Wildman–Crippen LogP) is 3.08. The minimum Gasteiger partial charge on any atom is -0.496 e. The molecular weight excluding hydrogens is 364 g/mol. The Morgan fingerprint density at radius 2 is 2.17 bits per heavy atom. The highest BCUT2D eigenvalue weighted by molar-refractivity contribution is 5.73. The third-order valence-electron chi connectivity index (χ3n) is 6.16. The highest BCUT2D eigenvalue weighted by Gasteiger charge is 2.26. The van der Waals surface area contributed by atoms with Gasteiger partial charge in [0.25, 0.3) is 0 Å². The molecule has 2 aliphatic rings. The second-order valence-corrected chi connectivity index (χ2v) is 8.23. The van der Waals surface area contributed by atoms with E-state index in [1.807, 2.05) is 11.1 Å². The van der Waals surface area contributed by atoms with E-state index < -0.39 is 0 Å². The number of carbonyl (C=O) groups is 1. The fraction of sp³-hybridized carbons (Fsp3) is 0.522. The summed E-state index contributed by atoms with van der Waals surface area (Å²) in [6.07, 6.45) is 5.04. The minimum absolute atomic E-state index is 0.120. The number of para-hydroxylation sites is 1. The normalized spacial score (nSPS) is 19.7. The zero-order chi connectivity index (χ0) is 20.4. The second-order valence-electron chi connectivity index (χ2n) is 8.23. The fourth-order valence-electron chi connectivity index (χ4n) is 4.58. The Morgan fingerprint density at radius 1 is 1.31 bits per heavy atom. The Bertz CT molecular complexity index is 898. The first-order valence-corrected chi connectivity index (χ1v) is 10.5. The maximum atomic E-state index is 11.6. The Morgan fingerprint density at radius 3 is 2.97 bits per heavy atom. The van der Waals surface area contributed by atoms with Gasteiger partial charge in [-0.05, 0) is 31.9 Å². The summed E-state index contributed by atoms with van der Waals surface area (Å²) < 4.78 is 5.64.